The number of benzene rings is 1. The molecule has 2 heterocycles. The number of anilines is 2. The number of primary amides is 1. The molecule has 1 amide bonds. The lowest BCUT2D eigenvalue weighted by molar-refractivity contribution is -0.141. The number of nitrogens with one attached hydrogen (secondary N) is 1. The van der Waals surface area contributed by atoms with Crippen molar-refractivity contribution < 1.29 is 18.0 Å². The lowest BCUT2D eigenvalue weighted by Gasteiger charge is -2.10. The number of alkyl halides is 3. The number of hydrogen-bond acceptors (Lipinski definition) is 6. The average molecular weight is 391 g/mol. The Morgan fingerprint density at radius 3 is 2.79 bits per heavy atom. The first kappa shape index (κ1) is 19.3. The van der Waals surface area contributed by atoms with Crippen molar-refractivity contribution in [2.75, 3.05) is 5.32 Å². The molecule has 0 aliphatic carbocycles. The van der Waals surface area contributed by atoms with Gasteiger partial charge in [-0.25, -0.2) is 9.97 Å². The van der Waals surface area contributed by atoms with E-state index in [2.05, 4.69) is 25.6 Å². The number of nitrogens with two attached hydrogens (primary N) is 1. The Bertz CT molecular complexity index is 1000. The second-order valence-electron chi connectivity index (χ2n) is 6.06. The smallest absolute Gasteiger partial charge is 0.370 e. The largest absolute Gasteiger partial charge is 0.433 e. The topological polar surface area (TPSA) is 112 Å². The Kier molecular flexibility index (Phi) is 5.25. The second-order valence-corrected chi connectivity index (χ2v) is 6.06. The summed E-state index contributed by atoms with van der Waals surface area (Å²) in [6.45, 7) is 2.14. The van der Waals surface area contributed by atoms with Crippen molar-refractivity contribution in [2.45, 2.75) is 26.1 Å². The zero-order valence-corrected chi connectivity index (χ0v) is 14.7. The van der Waals surface area contributed by atoms with Crippen LogP contribution in [-0.4, -0.2) is 30.9 Å². The maximum Gasteiger partial charge on any atom is 0.433 e. The number of halogens is 3. The van der Waals surface area contributed by atoms with Gasteiger partial charge in [-0.2, -0.15) is 13.2 Å². The van der Waals surface area contributed by atoms with Crippen molar-refractivity contribution in [1.82, 2.24) is 25.0 Å². The third-order valence-electron chi connectivity index (χ3n) is 3.70. The molecule has 0 bridgehead atoms. The number of rotatable bonds is 6. The lowest BCUT2D eigenvalue weighted by atomic mass is 10.1. The van der Waals surface area contributed by atoms with Crippen LogP contribution in [0.1, 0.15) is 17.7 Å². The molecule has 0 saturated heterocycles. The fourth-order valence-electron chi connectivity index (χ4n) is 2.47. The summed E-state index contributed by atoms with van der Waals surface area (Å²) >= 11 is 0. The van der Waals surface area contributed by atoms with Gasteiger partial charge in [0.25, 0.3) is 0 Å². The number of carbonyl (C=O) groups is 1. The molecule has 146 valence electrons. The van der Waals surface area contributed by atoms with E-state index in [1.165, 1.54) is 4.68 Å². The summed E-state index contributed by atoms with van der Waals surface area (Å²) in [6.07, 6.45) is -1.72. The average Bonchev–Trinajstić information content (AvgIpc) is 3.08. The van der Waals surface area contributed by atoms with Crippen molar-refractivity contribution in [3.05, 3.63) is 47.9 Å². The highest BCUT2D eigenvalue weighted by Crippen LogP contribution is 2.29. The first-order chi connectivity index (χ1) is 13.2. The molecule has 3 rings (SSSR count). The van der Waals surface area contributed by atoms with Gasteiger partial charge in [0.2, 0.25) is 11.9 Å². The first-order valence-corrected chi connectivity index (χ1v) is 8.18. The third-order valence-corrected chi connectivity index (χ3v) is 3.70. The van der Waals surface area contributed by atoms with Gasteiger partial charge in [0.05, 0.1) is 12.7 Å². The number of hydrogen-bond donors (Lipinski definition) is 2. The quantitative estimate of drug-likeness (QED) is 0.668. The van der Waals surface area contributed by atoms with E-state index in [0.29, 0.717) is 23.5 Å². The Morgan fingerprint density at radius 1 is 1.29 bits per heavy atom. The fraction of sp³-hybridized carbons (Fsp3) is 0.235. The van der Waals surface area contributed by atoms with Crippen LogP contribution in [0.2, 0.25) is 0 Å². The van der Waals surface area contributed by atoms with Gasteiger partial charge in [0.1, 0.15) is 11.4 Å². The van der Waals surface area contributed by atoms with Crippen LogP contribution >= 0.6 is 0 Å². The van der Waals surface area contributed by atoms with Crippen molar-refractivity contribution in [1.29, 1.82) is 0 Å². The lowest BCUT2D eigenvalue weighted by Crippen LogP contribution is -2.14. The minimum atomic E-state index is -4.56. The van der Waals surface area contributed by atoms with E-state index < -0.39 is 17.8 Å². The Hall–Kier alpha value is -3.50. The molecular formula is C17H16F3N7O. The van der Waals surface area contributed by atoms with E-state index in [-0.39, 0.29) is 12.4 Å². The Labute approximate surface area is 157 Å². The van der Waals surface area contributed by atoms with Gasteiger partial charge in [0.15, 0.2) is 0 Å². The van der Waals surface area contributed by atoms with E-state index in [4.69, 9.17) is 5.73 Å². The van der Waals surface area contributed by atoms with Crippen LogP contribution < -0.4 is 11.1 Å². The molecule has 0 aliphatic heterocycles. The summed E-state index contributed by atoms with van der Waals surface area (Å²) in [4.78, 5) is 18.2. The van der Waals surface area contributed by atoms with Gasteiger partial charge in [-0.05, 0) is 36.8 Å². The third kappa shape index (κ3) is 4.81. The van der Waals surface area contributed by atoms with Crippen molar-refractivity contribution in [3.8, 4) is 11.3 Å². The number of aryl methyl sites for hydroxylation is 2. The second kappa shape index (κ2) is 7.62. The summed E-state index contributed by atoms with van der Waals surface area (Å²) in [6, 6.07) is 6.08. The first-order valence-electron chi connectivity index (χ1n) is 8.18. The van der Waals surface area contributed by atoms with E-state index in [1.54, 1.807) is 18.3 Å². The van der Waals surface area contributed by atoms with Gasteiger partial charge in [0, 0.05) is 23.9 Å². The molecule has 11 heteroatoms. The van der Waals surface area contributed by atoms with E-state index >= 15 is 0 Å². The molecule has 1 aromatic carbocycles. The Morgan fingerprint density at radius 2 is 2.07 bits per heavy atom. The molecule has 0 fully saturated rings. The van der Waals surface area contributed by atoms with Crippen molar-refractivity contribution in [3.63, 3.8) is 0 Å². The SMILES string of the molecule is Cc1cc(Nc2nccc(C(F)(F)F)n2)cc(-c2cn(CCC(N)=O)nn2)c1. The summed E-state index contributed by atoms with van der Waals surface area (Å²) in [7, 11) is 0. The van der Waals surface area contributed by atoms with Gasteiger partial charge >= 0.3 is 6.18 Å². The maximum atomic E-state index is 12.8. The molecule has 0 spiro atoms. The van der Waals surface area contributed by atoms with Gasteiger partial charge < -0.3 is 11.1 Å². The van der Waals surface area contributed by atoms with Crippen LogP contribution in [0, 0.1) is 6.92 Å². The molecule has 0 unspecified atom stereocenters. The molecule has 28 heavy (non-hydrogen) atoms. The van der Waals surface area contributed by atoms with Gasteiger partial charge in [-0.3, -0.25) is 9.48 Å². The van der Waals surface area contributed by atoms with Crippen molar-refractivity contribution >= 4 is 17.5 Å². The van der Waals surface area contributed by atoms with E-state index in [9.17, 15) is 18.0 Å². The number of aromatic nitrogens is 5. The highest BCUT2D eigenvalue weighted by atomic mass is 19.4. The molecular weight excluding hydrogens is 375 g/mol. The van der Waals surface area contributed by atoms with Crippen LogP contribution in [0.5, 0.6) is 0 Å². The minimum Gasteiger partial charge on any atom is -0.370 e. The number of amides is 1. The molecule has 8 nitrogen and oxygen atoms in total. The zero-order valence-electron chi connectivity index (χ0n) is 14.7. The predicted molar refractivity (Wildman–Crippen MR) is 94.3 cm³/mol. The van der Waals surface area contributed by atoms with E-state index in [0.717, 1.165) is 17.8 Å². The molecule has 0 saturated carbocycles. The zero-order chi connectivity index (χ0) is 20.3. The predicted octanol–water partition coefficient (Wildman–Crippen LogP) is 2.68. The highest BCUT2D eigenvalue weighted by Gasteiger charge is 2.32. The van der Waals surface area contributed by atoms with Crippen LogP contribution in [0.15, 0.2) is 36.7 Å². The van der Waals surface area contributed by atoms with Crippen LogP contribution in [-0.2, 0) is 17.5 Å². The summed E-state index contributed by atoms with van der Waals surface area (Å²) in [5.41, 5.74) is 6.67. The van der Waals surface area contributed by atoms with Crippen LogP contribution in [0.4, 0.5) is 24.8 Å². The molecule has 3 N–H and O–H groups in total. The molecule has 2 aromatic heterocycles. The van der Waals surface area contributed by atoms with Crippen LogP contribution in [0.25, 0.3) is 11.3 Å². The standard InChI is InChI=1S/C17H16F3N7O/c1-10-6-11(13-9-27(26-25-13)5-3-15(21)28)8-12(7-10)23-16-22-4-2-14(24-16)17(18,19)20/h2,4,6-9H,3,5H2,1H3,(H2,21,28)(H,22,23,24). The minimum absolute atomic E-state index is 0.135. The van der Waals surface area contributed by atoms with Gasteiger partial charge in [-0.15, -0.1) is 5.10 Å². The van der Waals surface area contributed by atoms with Gasteiger partial charge in [-0.1, -0.05) is 5.21 Å². The molecule has 3 aromatic rings. The summed E-state index contributed by atoms with van der Waals surface area (Å²) < 4.78 is 39.9. The highest BCUT2D eigenvalue weighted by molar-refractivity contribution is 5.73. The van der Waals surface area contributed by atoms with Crippen molar-refractivity contribution in [2.24, 2.45) is 5.73 Å². The molecule has 0 atom stereocenters. The van der Waals surface area contributed by atoms with E-state index in [1.807, 2.05) is 13.0 Å². The normalized spacial score (nSPS) is 11.4. The fourth-order valence-corrected chi connectivity index (χ4v) is 2.47. The molecule has 0 radical (unpaired) electrons. The summed E-state index contributed by atoms with van der Waals surface area (Å²) in [5, 5.41) is 10.8. The molecule has 0 aliphatic rings. The Balaban J connectivity index is 1.83. The maximum absolute atomic E-state index is 12.8. The summed E-state index contributed by atoms with van der Waals surface area (Å²) in [5.74, 6) is -0.614. The van der Waals surface area contributed by atoms with Crippen LogP contribution in [0.3, 0.4) is 0 Å². The monoisotopic (exact) mass is 391 g/mol. The number of nitrogens with zero attached hydrogens (tertiary/aromatic N) is 5. The number of carbonyl (C=O) groups excluding carboxylic acids is 1.